The number of esters is 1. The van der Waals surface area contributed by atoms with Crippen LogP contribution in [0.3, 0.4) is 0 Å². The quantitative estimate of drug-likeness (QED) is 0.679. The first-order chi connectivity index (χ1) is 6.86. The molecule has 0 spiro atoms. The lowest BCUT2D eigenvalue weighted by atomic mass is 10.1. The number of ether oxygens (including phenoxy) is 1. The molecule has 82 valence electrons. The predicted octanol–water partition coefficient (Wildman–Crippen LogP) is 2.20. The van der Waals surface area contributed by atoms with E-state index in [1.165, 1.54) is 13.1 Å². The molecule has 1 aromatic rings. The van der Waals surface area contributed by atoms with Crippen LogP contribution < -0.4 is 0 Å². The average Bonchev–Trinajstić information content (AvgIpc) is 2.15. The number of alkyl halides is 3. The van der Waals surface area contributed by atoms with Gasteiger partial charge < -0.3 is 4.74 Å². The summed E-state index contributed by atoms with van der Waals surface area (Å²) in [5.74, 6) is -1.10. The molecule has 6 heteroatoms. The van der Waals surface area contributed by atoms with Crippen LogP contribution in [0.2, 0.25) is 0 Å². The van der Waals surface area contributed by atoms with Gasteiger partial charge in [-0.15, -0.1) is 0 Å². The van der Waals surface area contributed by atoms with Gasteiger partial charge in [0.2, 0.25) is 0 Å². The minimum Gasteiger partial charge on any atom is -0.464 e. The molecule has 0 saturated heterocycles. The lowest BCUT2D eigenvalue weighted by molar-refractivity contribution is -0.138. The van der Waals surface area contributed by atoms with Crippen LogP contribution in [0, 0.1) is 6.92 Å². The van der Waals surface area contributed by atoms with Gasteiger partial charge in [-0.3, -0.25) is 0 Å². The van der Waals surface area contributed by atoms with Crippen LogP contribution in [0.4, 0.5) is 13.2 Å². The van der Waals surface area contributed by atoms with E-state index < -0.39 is 23.4 Å². The van der Waals surface area contributed by atoms with E-state index in [-0.39, 0.29) is 0 Å². The van der Waals surface area contributed by atoms with Gasteiger partial charge in [0, 0.05) is 6.20 Å². The van der Waals surface area contributed by atoms with E-state index in [0.29, 0.717) is 5.56 Å². The van der Waals surface area contributed by atoms with Crippen LogP contribution in [0.25, 0.3) is 0 Å². The zero-order valence-corrected chi connectivity index (χ0v) is 8.05. The number of hydrogen-bond donors (Lipinski definition) is 0. The summed E-state index contributed by atoms with van der Waals surface area (Å²) in [6, 6.07) is 0.860. The molecule has 0 saturated carbocycles. The predicted molar refractivity (Wildman–Crippen MR) is 45.3 cm³/mol. The number of aryl methyl sites for hydroxylation is 1. The first-order valence-corrected chi connectivity index (χ1v) is 3.98. The molecule has 1 rings (SSSR count). The van der Waals surface area contributed by atoms with E-state index in [1.807, 2.05) is 0 Å². The number of halogens is 3. The summed E-state index contributed by atoms with van der Waals surface area (Å²) in [7, 11) is 1.00. The molecular formula is C9H8F3NO2. The van der Waals surface area contributed by atoms with Crippen molar-refractivity contribution in [2.75, 3.05) is 7.11 Å². The smallest absolute Gasteiger partial charge is 0.418 e. The van der Waals surface area contributed by atoms with Crippen molar-refractivity contribution >= 4 is 5.97 Å². The molecule has 0 aliphatic heterocycles. The standard InChI is InChI=1S/C9H8F3NO2/c1-5-3-6(9(10,11)12)7(13-4-5)8(14)15-2/h3-4H,1-2H3. The molecule has 0 aliphatic rings. The first kappa shape index (κ1) is 11.5. The maximum atomic E-state index is 12.5. The van der Waals surface area contributed by atoms with E-state index in [9.17, 15) is 18.0 Å². The van der Waals surface area contributed by atoms with E-state index >= 15 is 0 Å². The molecule has 1 aromatic heterocycles. The summed E-state index contributed by atoms with van der Waals surface area (Å²) in [4.78, 5) is 14.4. The van der Waals surface area contributed by atoms with Crippen molar-refractivity contribution in [1.29, 1.82) is 0 Å². The van der Waals surface area contributed by atoms with Crippen molar-refractivity contribution in [3.05, 3.63) is 29.1 Å². The van der Waals surface area contributed by atoms with Crippen molar-refractivity contribution in [1.82, 2.24) is 4.98 Å². The Hall–Kier alpha value is -1.59. The van der Waals surface area contributed by atoms with Gasteiger partial charge in [0.15, 0.2) is 5.69 Å². The molecule has 0 aliphatic carbocycles. The van der Waals surface area contributed by atoms with Gasteiger partial charge in [-0.05, 0) is 18.6 Å². The van der Waals surface area contributed by atoms with Crippen molar-refractivity contribution in [3.63, 3.8) is 0 Å². The molecule has 0 amide bonds. The van der Waals surface area contributed by atoms with E-state index in [2.05, 4.69) is 9.72 Å². The Kier molecular flexibility index (Phi) is 2.97. The SMILES string of the molecule is COC(=O)c1ncc(C)cc1C(F)(F)F. The van der Waals surface area contributed by atoms with Crippen LogP contribution in [-0.2, 0) is 10.9 Å². The van der Waals surface area contributed by atoms with Crippen molar-refractivity contribution in [3.8, 4) is 0 Å². The number of aromatic nitrogens is 1. The highest BCUT2D eigenvalue weighted by molar-refractivity contribution is 5.89. The Bertz CT molecular complexity index is 387. The Labute approximate surface area is 83.9 Å². The minimum absolute atomic E-state index is 0.329. The largest absolute Gasteiger partial charge is 0.464 e. The van der Waals surface area contributed by atoms with Gasteiger partial charge >= 0.3 is 12.1 Å². The topological polar surface area (TPSA) is 39.2 Å². The molecule has 0 N–H and O–H groups in total. The number of hydrogen-bond acceptors (Lipinski definition) is 3. The first-order valence-electron chi connectivity index (χ1n) is 3.98. The van der Waals surface area contributed by atoms with Crippen molar-refractivity contribution < 1.29 is 22.7 Å². The van der Waals surface area contributed by atoms with Crippen LogP contribution in [-0.4, -0.2) is 18.1 Å². The molecule has 0 radical (unpaired) electrons. The van der Waals surface area contributed by atoms with Gasteiger partial charge in [-0.1, -0.05) is 0 Å². The molecule has 1 heterocycles. The van der Waals surface area contributed by atoms with Gasteiger partial charge in [0.1, 0.15) is 0 Å². The zero-order chi connectivity index (χ0) is 11.6. The van der Waals surface area contributed by atoms with Crippen LogP contribution in [0.1, 0.15) is 21.6 Å². The summed E-state index contributed by atoms with van der Waals surface area (Å²) in [5, 5.41) is 0. The average molecular weight is 219 g/mol. The van der Waals surface area contributed by atoms with E-state index in [0.717, 1.165) is 13.2 Å². The molecule has 0 unspecified atom stereocenters. The lowest BCUT2D eigenvalue weighted by Gasteiger charge is -2.10. The summed E-state index contributed by atoms with van der Waals surface area (Å²) in [6.45, 7) is 1.46. The second kappa shape index (κ2) is 3.88. The third-order valence-corrected chi connectivity index (χ3v) is 1.71. The molecule has 3 nitrogen and oxygen atoms in total. The van der Waals surface area contributed by atoms with E-state index in [4.69, 9.17) is 0 Å². The number of carbonyl (C=O) groups is 1. The molecule has 15 heavy (non-hydrogen) atoms. The summed E-state index contributed by atoms with van der Waals surface area (Å²) in [5.41, 5.74) is -1.46. The summed E-state index contributed by atoms with van der Waals surface area (Å²) in [6.07, 6.45) is -3.43. The number of rotatable bonds is 1. The van der Waals surface area contributed by atoms with Gasteiger partial charge in [0.05, 0.1) is 12.7 Å². The highest BCUT2D eigenvalue weighted by atomic mass is 19.4. The maximum Gasteiger partial charge on any atom is 0.418 e. The molecule has 0 fully saturated rings. The molecule has 0 atom stereocenters. The van der Waals surface area contributed by atoms with Crippen LogP contribution in [0.15, 0.2) is 12.3 Å². The minimum atomic E-state index is -4.61. The Morgan fingerprint density at radius 2 is 2.07 bits per heavy atom. The molecule has 0 bridgehead atoms. The highest BCUT2D eigenvalue weighted by Crippen LogP contribution is 2.31. The summed E-state index contributed by atoms with van der Waals surface area (Å²) < 4.78 is 41.6. The monoisotopic (exact) mass is 219 g/mol. The molecular weight excluding hydrogens is 211 g/mol. The fraction of sp³-hybridized carbons (Fsp3) is 0.333. The highest BCUT2D eigenvalue weighted by Gasteiger charge is 2.36. The second-order valence-electron chi connectivity index (χ2n) is 2.90. The Morgan fingerprint density at radius 3 is 2.53 bits per heavy atom. The number of pyridine rings is 1. The number of nitrogens with zero attached hydrogens (tertiary/aromatic N) is 1. The van der Waals surface area contributed by atoms with Crippen molar-refractivity contribution in [2.45, 2.75) is 13.1 Å². The van der Waals surface area contributed by atoms with Gasteiger partial charge in [0.25, 0.3) is 0 Å². The van der Waals surface area contributed by atoms with Crippen LogP contribution in [0.5, 0.6) is 0 Å². The summed E-state index contributed by atoms with van der Waals surface area (Å²) >= 11 is 0. The zero-order valence-electron chi connectivity index (χ0n) is 8.05. The fourth-order valence-electron chi connectivity index (χ4n) is 1.04. The Morgan fingerprint density at radius 1 is 1.47 bits per heavy atom. The maximum absolute atomic E-state index is 12.5. The van der Waals surface area contributed by atoms with Gasteiger partial charge in [-0.25, -0.2) is 9.78 Å². The Balaban J connectivity index is 3.33. The lowest BCUT2D eigenvalue weighted by Crippen LogP contribution is -2.16. The second-order valence-corrected chi connectivity index (χ2v) is 2.90. The van der Waals surface area contributed by atoms with Crippen LogP contribution >= 0.6 is 0 Å². The third-order valence-electron chi connectivity index (χ3n) is 1.71. The van der Waals surface area contributed by atoms with E-state index in [1.54, 1.807) is 0 Å². The van der Waals surface area contributed by atoms with Gasteiger partial charge in [-0.2, -0.15) is 13.2 Å². The van der Waals surface area contributed by atoms with Crippen molar-refractivity contribution in [2.24, 2.45) is 0 Å². The number of carbonyl (C=O) groups excluding carboxylic acids is 1. The molecule has 0 aromatic carbocycles. The normalized spacial score (nSPS) is 11.3. The fourth-order valence-corrected chi connectivity index (χ4v) is 1.04. The third kappa shape index (κ3) is 2.45. The number of methoxy groups -OCH3 is 1.